The fourth-order valence-corrected chi connectivity index (χ4v) is 0.703. The Labute approximate surface area is 62.8 Å². The first kappa shape index (κ1) is 9.47. The van der Waals surface area contributed by atoms with Gasteiger partial charge in [-0.2, -0.15) is 0 Å². The van der Waals surface area contributed by atoms with E-state index in [1.807, 2.05) is 0 Å². The zero-order valence-electron chi connectivity index (χ0n) is 7.05. The van der Waals surface area contributed by atoms with E-state index in [9.17, 15) is 4.79 Å². The van der Waals surface area contributed by atoms with E-state index in [4.69, 9.17) is 5.73 Å². The minimum Gasteiger partial charge on any atom is -0.370 e. The zero-order chi connectivity index (χ0) is 8.15. The van der Waals surface area contributed by atoms with Crippen LogP contribution < -0.4 is 5.73 Å². The van der Waals surface area contributed by atoms with Gasteiger partial charge in [0.15, 0.2) is 0 Å². The van der Waals surface area contributed by atoms with Crippen LogP contribution in [0.5, 0.6) is 0 Å². The smallest absolute Gasteiger partial charge is 0.217 e. The predicted molar refractivity (Wildman–Crippen MR) is 42.4 cm³/mol. The van der Waals surface area contributed by atoms with Gasteiger partial charge in [-0.15, -0.1) is 0 Å². The number of amides is 1. The van der Waals surface area contributed by atoms with Gasteiger partial charge in [0.25, 0.3) is 0 Å². The number of nitrogens with two attached hydrogens (primary N) is 1. The summed E-state index contributed by atoms with van der Waals surface area (Å²) in [6, 6.07) is 0. The average molecular weight is 143 g/mol. The SMILES string of the molecule is CC(C)C(C)CCC(N)=O. The molecule has 10 heavy (non-hydrogen) atoms. The van der Waals surface area contributed by atoms with Crippen molar-refractivity contribution in [2.75, 3.05) is 0 Å². The van der Waals surface area contributed by atoms with Gasteiger partial charge in [-0.25, -0.2) is 0 Å². The average Bonchev–Trinajstić information content (AvgIpc) is 1.82. The van der Waals surface area contributed by atoms with Crippen molar-refractivity contribution in [3.8, 4) is 0 Å². The Hall–Kier alpha value is -0.530. The summed E-state index contributed by atoms with van der Waals surface area (Å²) in [7, 11) is 0. The third-order valence-corrected chi connectivity index (χ3v) is 1.98. The Bertz CT molecular complexity index is 110. The number of carbonyl (C=O) groups is 1. The first-order valence-corrected chi connectivity index (χ1v) is 3.82. The highest BCUT2D eigenvalue weighted by Gasteiger charge is 2.07. The standard InChI is InChI=1S/C8H17NO/c1-6(2)7(3)4-5-8(9)10/h6-7H,4-5H2,1-3H3,(H2,9,10). The molecular formula is C8H17NO. The molecule has 1 atom stereocenters. The second kappa shape index (κ2) is 4.31. The van der Waals surface area contributed by atoms with Gasteiger partial charge in [0.05, 0.1) is 0 Å². The molecule has 0 rings (SSSR count). The predicted octanol–water partition coefficient (Wildman–Crippen LogP) is 1.54. The third kappa shape index (κ3) is 4.36. The van der Waals surface area contributed by atoms with E-state index in [1.165, 1.54) is 0 Å². The van der Waals surface area contributed by atoms with Crippen LogP contribution in [0.25, 0.3) is 0 Å². The summed E-state index contributed by atoms with van der Waals surface area (Å²) in [5.74, 6) is 1.07. The van der Waals surface area contributed by atoms with Crippen molar-refractivity contribution in [3.05, 3.63) is 0 Å². The molecule has 0 aromatic carbocycles. The molecule has 0 bridgehead atoms. The normalized spacial score (nSPS) is 13.6. The number of hydrogen-bond donors (Lipinski definition) is 1. The minimum absolute atomic E-state index is 0.187. The first-order chi connectivity index (χ1) is 4.54. The number of hydrogen-bond acceptors (Lipinski definition) is 1. The van der Waals surface area contributed by atoms with Gasteiger partial charge in [-0.3, -0.25) is 4.79 Å². The van der Waals surface area contributed by atoms with Gasteiger partial charge in [0, 0.05) is 6.42 Å². The van der Waals surface area contributed by atoms with Crippen molar-refractivity contribution in [2.24, 2.45) is 17.6 Å². The van der Waals surface area contributed by atoms with Crippen molar-refractivity contribution in [3.63, 3.8) is 0 Å². The molecule has 0 heterocycles. The van der Waals surface area contributed by atoms with Crippen molar-refractivity contribution < 1.29 is 4.79 Å². The van der Waals surface area contributed by atoms with E-state index in [0.717, 1.165) is 6.42 Å². The van der Waals surface area contributed by atoms with Crippen LogP contribution in [0.3, 0.4) is 0 Å². The molecule has 2 heteroatoms. The quantitative estimate of drug-likeness (QED) is 0.637. The Morgan fingerprint density at radius 3 is 2.20 bits per heavy atom. The molecule has 60 valence electrons. The zero-order valence-corrected chi connectivity index (χ0v) is 7.05. The maximum Gasteiger partial charge on any atom is 0.217 e. The number of primary amides is 1. The molecule has 0 aliphatic heterocycles. The summed E-state index contributed by atoms with van der Waals surface area (Å²) >= 11 is 0. The number of rotatable bonds is 4. The van der Waals surface area contributed by atoms with Crippen LogP contribution in [0.2, 0.25) is 0 Å². The molecule has 0 fully saturated rings. The lowest BCUT2D eigenvalue weighted by molar-refractivity contribution is -0.118. The van der Waals surface area contributed by atoms with Crippen molar-refractivity contribution in [2.45, 2.75) is 33.6 Å². The Balaban J connectivity index is 3.39. The molecule has 0 radical (unpaired) electrons. The highest BCUT2D eigenvalue weighted by Crippen LogP contribution is 2.14. The topological polar surface area (TPSA) is 43.1 Å². The van der Waals surface area contributed by atoms with Gasteiger partial charge < -0.3 is 5.73 Å². The summed E-state index contributed by atoms with van der Waals surface area (Å²) in [5, 5.41) is 0. The van der Waals surface area contributed by atoms with Crippen molar-refractivity contribution in [1.82, 2.24) is 0 Å². The Morgan fingerprint density at radius 2 is 1.90 bits per heavy atom. The van der Waals surface area contributed by atoms with Gasteiger partial charge in [-0.1, -0.05) is 20.8 Å². The molecule has 0 spiro atoms. The summed E-state index contributed by atoms with van der Waals surface area (Å²) in [4.78, 5) is 10.3. The van der Waals surface area contributed by atoms with Crippen molar-refractivity contribution in [1.29, 1.82) is 0 Å². The molecule has 1 amide bonds. The summed E-state index contributed by atoms with van der Waals surface area (Å²) in [6.07, 6.45) is 1.45. The van der Waals surface area contributed by atoms with Crippen LogP contribution in [-0.2, 0) is 4.79 Å². The van der Waals surface area contributed by atoms with E-state index in [1.54, 1.807) is 0 Å². The van der Waals surface area contributed by atoms with Crippen molar-refractivity contribution >= 4 is 5.91 Å². The maximum absolute atomic E-state index is 10.3. The van der Waals surface area contributed by atoms with E-state index < -0.39 is 0 Å². The van der Waals surface area contributed by atoms with E-state index in [-0.39, 0.29) is 5.91 Å². The Kier molecular flexibility index (Phi) is 4.08. The molecule has 1 unspecified atom stereocenters. The lowest BCUT2D eigenvalue weighted by Crippen LogP contribution is -2.13. The second-order valence-electron chi connectivity index (χ2n) is 3.23. The van der Waals surface area contributed by atoms with E-state index in [0.29, 0.717) is 18.3 Å². The second-order valence-corrected chi connectivity index (χ2v) is 3.23. The molecular weight excluding hydrogens is 126 g/mol. The van der Waals surface area contributed by atoms with Crippen LogP contribution in [0.4, 0.5) is 0 Å². The maximum atomic E-state index is 10.3. The first-order valence-electron chi connectivity index (χ1n) is 3.82. The third-order valence-electron chi connectivity index (χ3n) is 1.98. The molecule has 0 saturated carbocycles. The molecule has 0 aromatic rings. The monoisotopic (exact) mass is 143 g/mol. The fraction of sp³-hybridized carbons (Fsp3) is 0.875. The van der Waals surface area contributed by atoms with Gasteiger partial charge in [0.2, 0.25) is 5.91 Å². The van der Waals surface area contributed by atoms with E-state index >= 15 is 0 Å². The van der Waals surface area contributed by atoms with Gasteiger partial charge in [0.1, 0.15) is 0 Å². The molecule has 0 saturated heterocycles. The molecule has 2 nitrogen and oxygen atoms in total. The molecule has 0 aromatic heterocycles. The van der Waals surface area contributed by atoms with E-state index in [2.05, 4.69) is 20.8 Å². The van der Waals surface area contributed by atoms with Crippen LogP contribution in [0.15, 0.2) is 0 Å². The van der Waals surface area contributed by atoms with Crippen LogP contribution in [-0.4, -0.2) is 5.91 Å². The van der Waals surface area contributed by atoms with Crippen LogP contribution >= 0.6 is 0 Å². The molecule has 2 N–H and O–H groups in total. The van der Waals surface area contributed by atoms with Crippen LogP contribution in [0.1, 0.15) is 33.6 Å². The summed E-state index contributed by atoms with van der Waals surface area (Å²) in [6.45, 7) is 6.46. The fourth-order valence-electron chi connectivity index (χ4n) is 0.703. The highest BCUT2D eigenvalue weighted by atomic mass is 16.1. The largest absolute Gasteiger partial charge is 0.370 e. The number of carbonyl (C=O) groups excluding carboxylic acids is 1. The lowest BCUT2D eigenvalue weighted by Gasteiger charge is -2.13. The highest BCUT2D eigenvalue weighted by molar-refractivity contribution is 5.73. The summed E-state index contributed by atoms with van der Waals surface area (Å²) in [5.41, 5.74) is 5.00. The minimum atomic E-state index is -0.187. The summed E-state index contributed by atoms with van der Waals surface area (Å²) < 4.78 is 0. The lowest BCUT2D eigenvalue weighted by atomic mass is 9.93. The van der Waals surface area contributed by atoms with Gasteiger partial charge in [-0.05, 0) is 18.3 Å². The Morgan fingerprint density at radius 1 is 1.40 bits per heavy atom. The van der Waals surface area contributed by atoms with Gasteiger partial charge >= 0.3 is 0 Å². The molecule has 0 aliphatic carbocycles. The van der Waals surface area contributed by atoms with Crippen LogP contribution in [0, 0.1) is 11.8 Å². The molecule has 0 aliphatic rings.